The fourth-order valence-electron chi connectivity index (χ4n) is 0.704. The molecule has 2 N–H and O–H groups in total. The lowest BCUT2D eigenvalue weighted by Gasteiger charge is -2.07. The Morgan fingerprint density at radius 3 is 2.64 bits per heavy atom. The smallest absolute Gasteiger partial charge is 0.161 e. The fourth-order valence-corrected chi connectivity index (χ4v) is 1.37. The number of anilines is 2. The molecule has 1 aromatic heterocycles. The first-order valence-electron chi connectivity index (χ1n) is 2.99. The van der Waals surface area contributed by atoms with Crippen LogP contribution in [0.4, 0.5) is 10.8 Å². The molecular weight excluding hydrogens is 160 g/mol. The Balaban J connectivity index is 3.19. The molecule has 58 valence electrons. The summed E-state index contributed by atoms with van der Waals surface area (Å²) in [6.45, 7) is 0. The lowest BCUT2D eigenvalue weighted by molar-refractivity contribution is 1.10. The van der Waals surface area contributed by atoms with Gasteiger partial charge in [0.1, 0.15) is 16.6 Å². The SMILES string of the molecule is CN(C)c1nsc(N)c1C#N. The van der Waals surface area contributed by atoms with Gasteiger partial charge in [0.25, 0.3) is 0 Å². The quantitative estimate of drug-likeness (QED) is 0.669. The van der Waals surface area contributed by atoms with Gasteiger partial charge in [-0.05, 0) is 11.5 Å². The first-order valence-corrected chi connectivity index (χ1v) is 3.76. The molecule has 0 fully saturated rings. The van der Waals surface area contributed by atoms with Crippen LogP contribution in [0.25, 0.3) is 0 Å². The first kappa shape index (κ1) is 7.82. The molecule has 1 heterocycles. The van der Waals surface area contributed by atoms with Crippen LogP contribution in [0, 0.1) is 11.3 Å². The van der Waals surface area contributed by atoms with E-state index in [4.69, 9.17) is 11.0 Å². The molecule has 0 aliphatic rings. The van der Waals surface area contributed by atoms with E-state index in [2.05, 4.69) is 4.37 Å². The molecule has 0 spiro atoms. The van der Waals surface area contributed by atoms with Crippen LogP contribution in [0.1, 0.15) is 5.56 Å². The summed E-state index contributed by atoms with van der Waals surface area (Å²) in [5.41, 5.74) is 5.97. The third kappa shape index (κ3) is 1.25. The van der Waals surface area contributed by atoms with E-state index in [-0.39, 0.29) is 0 Å². The van der Waals surface area contributed by atoms with Gasteiger partial charge in [-0.2, -0.15) is 9.64 Å². The summed E-state index contributed by atoms with van der Waals surface area (Å²) in [7, 11) is 3.66. The van der Waals surface area contributed by atoms with Gasteiger partial charge in [-0.25, -0.2) is 0 Å². The molecule has 0 saturated heterocycles. The van der Waals surface area contributed by atoms with Crippen LogP contribution < -0.4 is 10.6 Å². The van der Waals surface area contributed by atoms with Crippen molar-refractivity contribution in [2.24, 2.45) is 0 Å². The molecule has 0 aromatic carbocycles. The zero-order valence-corrected chi connectivity index (χ0v) is 7.14. The third-order valence-electron chi connectivity index (χ3n) is 1.24. The second-order valence-corrected chi connectivity index (χ2v) is 3.06. The Kier molecular flexibility index (Phi) is 1.96. The van der Waals surface area contributed by atoms with E-state index in [1.807, 2.05) is 20.2 Å². The average molecular weight is 168 g/mol. The van der Waals surface area contributed by atoms with E-state index in [0.717, 1.165) is 11.5 Å². The fraction of sp³-hybridized carbons (Fsp3) is 0.333. The van der Waals surface area contributed by atoms with Crippen molar-refractivity contribution in [3.63, 3.8) is 0 Å². The normalized spacial score (nSPS) is 9.18. The monoisotopic (exact) mass is 168 g/mol. The third-order valence-corrected chi connectivity index (χ3v) is 1.90. The molecule has 1 rings (SSSR count). The molecule has 0 unspecified atom stereocenters. The van der Waals surface area contributed by atoms with E-state index in [1.54, 1.807) is 4.90 Å². The number of nitrogens with zero attached hydrogens (tertiary/aromatic N) is 3. The lowest BCUT2D eigenvalue weighted by Crippen LogP contribution is -2.10. The van der Waals surface area contributed by atoms with Gasteiger partial charge < -0.3 is 10.6 Å². The highest BCUT2D eigenvalue weighted by molar-refractivity contribution is 7.10. The highest BCUT2D eigenvalue weighted by Crippen LogP contribution is 2.25. The van der Waals surface area contributed by atoms with E-state index >= 15 is 0 Å². The zero-order valence-electron chi connectivity index (χ0n) is 6.33. The summed E-state index contributed by atoms with van der Waals surface area (Å²) in [6.07, 6.45) is 0. The Labute approximate surface area is 69.0 Å². The molecule has 0 atom stereocenters. The summed E-state index contributed by atoms with van der Waals surface area (Å²) in [4.78, 5) is 1.77. The van der Waals surface area contributed by atoms with Gasteiger partial charge in [0.15, 0.2) is 5.82 Å². The van der Waals surface area contributed by atoms with Crippen LogP contribution in [0.15, 0.2) is 0 Å². The number of nitriles is 1. The number of aromatic nitrogens is 1. The highest BCUT2D eigenvalue weighted by atomic mass is 32.1. The predicted octanol–water partition coefficient (Wildman–Crippen LogP) is 0.663. The summed E-state index contributed by atoms with van der Waals surface area (Å²) in [6, 6.07) is 2.01. The molecule has 0 radical (unpaired) electrons. The topological polar surface area (TPSA) is 65.9 Å². The van der Waals surface area contributed by atoms with Gasteiger partial charge in [0.2, 0.25) is 0 Å². The Hall–Kier alpha value is -1.28. The minimum Gasteiger partial charge on any atom is -0.388 e. The van der Waals surface area contributed by atoms with Gasteiger partial charge in [-0.1, -0.05) is 0 Å². The molecule has 0 amide bonds. The van der Waals surface area contributed by atoms with Gasteiger partial charge in [-0.3, -0.25) is 0 Å². The van der Waals surface area contributed by atoms with Gasteiger partial charge in [0.05, 0.1) is 0 Å². The van der Waals surface area contributed by atoms with Crippen molar-refractivity contribution in [1.29, 1.82) is 5.26 Å². The Morgan fingerprint density at radius 2 is 2.27 bits per heavy atom. The van der Waals surface area contributed by atoms with Crippen molar-refractivity contribution in [2.75, 3.05) is 24.7 Å². The zero-order chi connectivity index (χ0) is 8.43. The number of rotatable bonds is 1. The van der Waals surface area contributed by atoms with Crippen LogP contribution in [-0.2, 0) is 0 Å². The van der Waals surface area contributed by atoms with Crippen molar-refractivity contribution in [1.82, 2.24) is 4.37 Å². The summed E-state index contributed by atoms with van der Waals surface area (Å²) < 4.78 is 4.01. The van der Waals surface area contributed by atoms with E-state index in [9.17, 15) is 0 Å². The number of nitrogen functional groups attached to an aromatic ring is 1. The van der Waals surface area contributed by atoms with Crippen LogP contribution in [0.3, 0.4) is 0 Å². The first-order chi connectivity index (χ1) is 5.16. The van der Waals surface area contributed by atoms with Crippen molar-refractivity contribution in [2.45, 2.75) is 0 Å². The van der Waals surface area contributed by atoms with E-state index in [1.165, 1.54) is 0 Å². The summed E-state index contributed by atoms with van der Waals surface area (Å²) >= 11 is 1.15. The minimum absolute atomic E-state index is 0.472. The van der Waals surface area contributed by atoms with Crippen LogP contribution >= 0.6 is 11.5 Å². The highest BCUT2D eigenvalue weighted by Gasteiger charge is 2.11. The Bertz CT molecular complexity index is 296. The van der Waals surface area contributed by atoms with E-state index in [0.29, 0.717) is 16.4 Å². The van der Waals surface area contributed by atoms with Crippen molar-refractivity contribution >= 4 is 22.4 Å². The van der Waals surface area contributed by atoms with Crippen molar-refractivity contribution in [3.05, 3.63) is 5.56 Å². The predicted molar refractivity (Wildman–Crippen MR) is 45.6 cm³/mol. The molecule has 0 saturated carbocycles. The van der Waals surface area contributed by atoms with Crippen LogP contribution in [-0.4, -0.2) is 18.5 Å². The summed E-state index contributed by atoms with van der Waals surface area (Å²) in [5.74, 6) is 0.648. The molecule has 11 heavy (non-hydrogen) atoms. The molecule has 4 nitrogen and oxygen atoms in total. The lowest BCUT2D eigenvalue weighted by atomic mass is 10.3. The van der Waals surface area contributed by atoms with Crippen LogP contribution in [0.2, 0.25) is 0 Å². The molecule has 5 heteroatoms. The average Bonchev–Trinajstić information content (AvgIpc) is 2.30. The molecule has 0 bridgehead atoms. The van der Waals surface area contributed by atoms with Crippen molar-refractivity contribution in [3.8, 4) is 6.07 Å². The van der Waals surface area contributed by atoms with E-state index < -0.39 is 0 Å². The van der Waals surface area contributed by atoms with Crippen LogP contribution in [0.5, 0.6) is 0 Å². The largest absolute Gasteiger partial charge is 0.388 e. The number of hydrogen-bond acceptors (Lipinski definition) is 5. The molecular formula is C6H8N4S. The van der Waals surface area contributed by atoms with Gasteiger partial charge in [0, 0.05) is 14.1 Å². The number of hydrogen-bond donors (Lipinski definition) is 1. The maximum absolute atomic E-state index is 8.65. The standard InChI is InChI=1S/C6H8N4S/c1-10(2)6-4(3-7)5(8)11-9-6/h8H2,1-2H3. The second kappa shape index (κ2) is 2.76. The van der Waals surface area contributed by atoms with Crippen molar-refractivity contribution < 1.29 is 0 Å². The van der Waals surface area contributed by atoms with Gasteiger partial charge >= 0.3 is 0 Å². The Morgan fingerprint density at radius 1 is 1.64 bits per heavy atom. The molecule has 0 aliphatic carbocycles. The minimum atomic E-state index is 0.472. The van der Waals surface area contributed by atoms with Gasteiger partial charge in [-0.15, -0.1) is 0 Å². The molecule has 1 aromatic rings. The maximum Gasteiger partial charge on any atom is 0.161 e. The number of nitrogens with two attached hydrogens (primary N) is 1. The maximum atomic E-state index is 8.65. The molecule has 0 aliphatic heterocycles. The second-order valence-electron chi connectivity index (χ2n) is 2.25. The summed E-state index contributed by atoms with van der Waals surface area (Å²) in [5, 5.41) is 9.13.